The highest BCUT2D eigenvalue weighted by atomic mass is 28.4. The molecule has 0 saturated carbocycles. The molecule has 23 heavy (non-hydrogen) atoms. The molecule has 0 rings (SSSR count). The minimum atomic E-state index is -6.20. The second-order valence-electron chi connectivity index (χ2n) is 6.31. The maximum atomic E-state index is 13.4. The quantitative estimate of drug-likeness (QED) is 0.293. The van der Waals surface area contributed by atoms with Crippen LogP contribution in [0.1, 0.15) is 20.8 Å². The predicted molar refractivity (Wildman–Crippen MR) is 68.4 cm³/mol. The van der Waals surface area contributed by atoms with Gasteiger partial charge < -0.3 is 4.43 Å². The lowest BCUT2D eigenvalue weighted by Crippen LogP contribution is -2.47. The Balaban J connectivity index is 6.07. The number of hydrogen-bond acceptors (Lipinski definition) is 2. The Morgan fingerprint density at radius 1 is 0.913 bits per heavy atom. The number of halogens is 8. The van der Waals surface area contributed by atoms with Crippen molar-refractivity contribution in [3.05, 3.63) is 11.8 Å². The van der Waals surface area contributed by atoms with Gasteiger partial charge in [0.1, 0.15) is 0 Å². The van der Waals surface area contributed by atoms with E-state index in [1.54, 1.807) is 0 Å². The molecule has 0 radical (unpaired) electrons. The smallest absolute Gasteiger partial charge is 0.461 e. The molecule has 0 heterocycles. The summed E-state index contributed by atoms with van der Waals surface area (Å²) in [5.74, 6) is -10.9. The van der Waals surface area contributed by atoms with Crippen molar-refractivity contribution in [3.8, 4) is 0 Å². The lowest BCUT2D eigenvalue weighted by atomic mass is 10.2. The Hall–Kier alpha value is -1.13. The molecule has 11 heteroatoms. The second-order valence-corrected chi connectivity index (χ2v) is 11.0. The predicted octanol–water partition coefficient (Wildman–Crippen LogP) is 5.22. The monoisotopic (exact) mass is 372 g/mol. The minimum absolute atomic E-state index is 0.825. The van der Waals surface area contributed by atoms with E-state index in [0.29, 0.717) is 0 Å². The summed E-state index contributed by atoms with van der Waals surface area (Å²) < 4.78 is 106. The highest BCUT2D eigenvalue weighted by molar-refractivity contribution is 6.74. The van der Waals surface area contributed by atoms with Crippen molar-refractivity contribution in [2.75, 3.05) is 0 Å². The molecule has 0 aliphatic heterocycles. The first-order valence-corrected chi connectivity index (χ1v) is 9.11. The van der Waals surface area contributed by atoms with Gasteiger partial charge in [-0.2, -0.15) is 35.1 Å². The molecule has 0 bridgehead atoms. The van der Waals surface area contributed by atoms with E-state index in [9.17, 15) is 39.9 Å². The van der Waals surface area contributed by atoms with E-state index in [1.807, 2.05) is 0 Å². The molecule has 2 nitrogen and oxygen atoms in total. The number of allylic oxidation sites excluding steroid dienone is 2. The van der Waals surface area contributed by atoms with E-state index in [2.05, 4.69) is 4.43 Å². The third kappa shape index (κ3) is 5.18. The molecule has 0 fully saturated rings. The third-order valence-electron chi connectivity index (χ3n) is 3.38. The second kappa shape index (κ2) is 6.06. The van der Waals surface area contributed by atoms with Gasteiger partial charge in [0.25, 0.3) is 5.78 Å². The van der Waals surface area contributed by atoms with Crippen LogP contribution in [-0.2, 0) is 9.22 Å². The molecular formula is C12H16F8O2Si. The molecule has 0 N–H and O–H groups in total. The zero-order valence-corrected chi connectivity index (χ0v) is 13.9. The Bertz CT molecular complexity index is 483. The third-order valence-corrected chi connectivity index (χ3v) is 7.72. The maximum absolute atomic E-state index is 13.4. The fraction of sp³-hybridized carbons (Fsp3) is 0.750. The van der Waals surface area contributed by atoms with Gasteiger partial charge in [-0.25, -0.2) is 0 Å². The molecule has 0 aromatic rings. The lowest BCUT2D eigenvalue weighted by molar-refractivity contribution is -0.273. The molecule has 0 aliphatic rings. The zero-order valence-electron chi connectivity index (χ0n) is 12.9. The van der Waals surface area contributed by atoms with Crippen LogP contribution in [0.5, 0.6) is 0 Å². The summed E-state index contributed by atoms with van der Waals surface area (Å²) in [6, 6.07) is 0. The highest BCUT2D eigenvalue weighted by Gasteiger charge is 2.63. The number of carbonyl (C=O) groups is 1. The van der Waals surface area contributed by atoms with Crippen molar-refractivity contribution < 1.29 is 44.3 Å². The van der Waals surface area contributed by atoms with Crippen LogP contribution in [0.3, 0.4) is 0 Å². The fourth-order valence-electron chi connectivity index (χ4n) is 0.953. The highest BCUT2D eigenvalue weighted by Crippen LogP contribution is 2.46. The molecule has 0 aromatic carbocycles. The maximum Gasteiger partial charge on any atom is 0.461 e. The van der Waals surface area contributed by atoms with Crippen LogP contribution in [0, 0.1) is 0 Å². The Kier molecular flexibility index (Phi) is 5.76. The van der Waals surface area contributed by atoms with Gasteiger partial charge in [0, 0.05) is 6.08 Å². The van der Waals surface area contributed by atoms with E-state index in [1.165, 1.54) is 33.9 Å². The first-order chi connectivity index (χ1) is 9.73. The Labute approximate surface area is 128 Å². The van der Waals surface area contributed by atoms with Gasteiger partial charge in [0.15, 0.2) is 5.76 Å². The van der Waals surface area contributed by atoms with Crippen LogP contribution in [0.4, 0.5) is 35.1 Å². The molecule has 0 spiro atoms. The van der Waals surface area contributed by atoms with E-state index in [4.69, 9.17) is 0 Å². The summed E-state index contributed by atoms with van der Waals surface area (Å²) in [7, 11) is -3.35. The summed E-state index contributed by atoms with van der Waals surface area (Å²) in [5, 5.41) is -0.880. The van der Waals surface area contributed by atoms with Crippen LogP contribution < -0.4 is 0 Å². The number of alkyl halides is 8. The van der Waals surface area contributed by atoms with Crippen molar-refractivity contribution in [2.24, 2.45) is 0 Å². The van der Waals surface area contributed by atoms with Gasteiger partial charge in [0.05, 0.1) is 0 Å². The van der Waals surface area contributed by atoms with Crippen LogP contribution >= 0.6 is 0 Å². The van der Waals surface area contributed by atoms with Gasteiger partial charge in [-0.15, -0.1) is 0 Å². The fourth-order valence-corrected chi connectivity index (χ4v) is 2.00. The molecular weight excluding hydrogens is 356 g/mol. The van der Waals surface area contributed by atoms with Gasteiger partial charge >= 0.3 is 18.3 Å². The zero-order chi connectivity index (χ0) is 19.1. The van der Waals surface area contributed by atoms with E-state index >= 15 is 0 Å². The van der Waals surface area contributed by atoms with Crippen LogP contribution in [-0.4, -0.2) is 32.4 Å². The molecule has 0 unspecified atom stereocenters. The summed E-state index contributed by atoms with van der Waals surface area (Å²) in [6.45, 7) is 6.95. The summed E-state index contributed by atoms with van der Waals surface area (Å²) >= 11 is 0. The van der Waals surface area contributed by atoms with E-state index in [0.717, 1.165) is 0 Å². The molecule has 0 aromatic heterocycles. The van der Waals surface area contributed by atoms with E-state index < -0.39 is 49.2 Å². The lowest BCUT2D eigenvalue weighted by Gasteiger charge is -2.38. The molecule has 0 amide bonds. The molecule has 0 aliphatic carbocycles. The molecule has 0 atom stereocenters. The SMILES string of the molecule is CC(C)(C)[Si](C)(C)O/C(=C\C(=O)C(F)(F)F)C(F)(F)C(F)(F)F. The average Bonchev–Trinajstić information content (AvgIpc) is 2.22. The topological polar surface area (TPSA) is 26.3 Å². The normalized spacial score (nSPS) is 15.6. The Morgan fingerprint density at radius 2 is 1.30 bits per heavy atom. The standard InChI is InChI=1S/C12H16F8O2Si/c1-9(2,3)23(4,5)22-8(6-7(21)11(15,16)17)10(13,14)12(18,19)20/h6H,1-5H3/b8-6-. The number of rotatable bonds is 4. The van der Waals surface area contributed by atoms with Crippen molar-refractivity contribution in [1.29, 1.82) is 0 Å². The average molecular weight is 372 g/mol. The number of ketones is 1. The van der Waals surface area contributed by atoms with E-state index in [-0.39, 0.29) is 0 Å². The largest absolute Gasteiger partial charge is 0.542 e. The first-order valence-electron chi connectivity index (χ1n) is 6.20. The summed E-state index contributed by atoms with van der Waals surface area (Å²) in [6.07, 6.45) is -12.6. The summed E-state index contributed by atoms with van der Waals surface area (Å²) in [5.41, 5.74) is 0. The van der Waals surface area contributed by atoms with Crippen LogP contribution in [0.15, 0.2) is 11.8 Å². The van der Waals surface area contributed by atoms with Crippen molar-refractivity contribution >= 4 is 14.1 Å². The van der Waals surface area contributed by atoms with Crippen molar-refractivity contribution in [1.82, 2.24) is 0 Å². The van der Waals surface area contributed by atoms with Gasteiger partial charge in [0.2, 0.25) is 8.32 Å². The van der Waals surface area contributed by atoms with Crippen molar-refractivity contribution in [3.63, 3.8) is 0 Å². The van der Waals surface area contributed by atoms with Crippen LogP contribution in [0.2, 0.25) is 18.1 Å². The van der Waals surface area contributed by atoms with Gasteiger partial charge in [-0.05, 0) is 18.1 Å². The summed E-state index contributed by atoms with van der Waals surface area (Å²) in [4.78, 5) is 10.8. The Morgan fingerprint density at radius 3 is 1.57 bits per heavy atom. The molecule has 0 saturated heterocycles. The number of hydrogen-bond donors (Lipinski definition) is 0. The van der Waals surface area contributed by atoms with Gasteiger partial charge in [-0.3, -0.25) is 4.79 Å². The van der Waals surface area contributed by atoms with Gasteiger partial charge in [-0.1, -0.05) is 20.8 Å². The number of carbonyl (C=O) groups excluding carboxylic acids is 1. The first kappa shape index (κ1) is 21.9. The van der Waals surface area contributed by atoms with Crippen molar-refractivity contribution in [2.45, 2.75) is 57.2 Å². The van der Waals surface area contributed by atoms with Crippen LogP contribution in [0.25, 0.3) is 0 Å². The minimum Gasteiger partial charge on any atom is -0.542 e. The molecule has 136 valence electrons.